The SMILES string of the molecule is CCCCCN1N=C(C(=O)NCc2cc(COC)c(COC)c(OC)c2)CC1c1ccccc1F. The highest BCUT2D eigenvalue weighted by Crippen LogP contribution is 2.33. The molecule has 1 amide bonds. The third-order valence-electron chi connectivity index (χ3n) is 6.14. The molecular formula is C27H36FN3O4. The van der Waals surface area contributed by atoms with Crippen LogP contribution in [0.25, 0.3) is 0 Å². The standard InChI is InChI=1S/C27H36FN3O4/c1-5-6-9-12-31-25(21-10-7-8-11-23(21)28)15-24(30-31)27(32)29-16-19-13-20(17-33-2)22(18-34-3)26(14-19)35-4/h7-8,10-11,13-14,25H,5-6,9,12,15-18H2,1-4H3,(H,29,32). The molecule has 2 aromatic carbocycles. The van der Waals surface area contributed by atoms with Crippen molar-refractivity contribution in [3.63, 3.8) is 0 Å². The molecule has 1 unspecified atom stereocenters. The average Bonchev–Trinajstić information content (AvgIpc) is 3.28. The van der Waals surface area contributed by atoms with Crippen molar-refractivity contribution in [2.75, 3.05) is 27.9 Å². The van der Waals surface area contributed by atoms with Gasteiger partial charge in [0.1, 0.15) is 17.3 Å². The van der Waals surface area contributed by atoms with E-state index in [0.717, 1.165) is 36.0 Å². The largest absolute Gasteiger partial charge is 0.496 e. The maximum Gasteiger partial charge on any atom is 0.267 e. The Morgan fingerprint density at radius 2 is 1.91 bits per heavy atom. The monoisotopic (exact) mass is 485 g/mol. The minimum absolute atomic E-state index is 0.252. The predicted molar refractivity (Wildman–Crippen MR) is 134 cm³/mol. The van der Waals surface area contributed by atoms with Crippen molar-refractivity contribution < 1.29 is 23.4 Å². The number of rotatable bonds is 13. The summed E-state index contributed by atoms with van der Waals surface area (Å²) >= 11 is 0. The van der Waals surface area contributed by atoms with Gasteiger partial charge in [-0.3, -0.25) is 9.80 Å². The van der Waals surface area contributed by atoms with Crippen molar-refractivity contribution in [2.24, 2.45) is 5.10 Å². The molecule has 0 bridgehead atoms. The third kappa shape index (κ3) is 6.80. The molecule has 0 saturated carbocycles. The van der Waals surface area contributed by atoms with Crippen LogP contribution >= 0.6 is 0 Å². The van der Waals surface area contributed by atoms with Crippen LogP contribution in [-0.2, 0) is 34.0 Å². The summed E-state index contributed by atoms with van der Waals surface area (Å²) in [5.41, 5.74) is 3.72. The number of nitrogens with one attached hydrogen (secondary N) is 1. The first-order chi connectivity index (χ1) is 17.0. The molecule has 8 heteroatoms. The van der Waals surface area contributed by atoms with Crippen LogP contribution in [0.15, 0.2) is 41.5 Å². The van der Waals surface area contributed by atoms with E-state index >= 15 is 0 Å². The fraction of sp³-hybridized carbons (Fsp3) is 0.481. The Bertz CT molecular complexity index is 1030. The van der Waals surface area contributed by atoms with Crippen LogP contribution in [0.1, 0.15) is 60.9 Å². The number of halogens is 1. The molecule has 0 fully saturated rings. The lowest BCUT2D eigenvalue weighted by atomic mass is 10.0. The van der Waals surface area contributed by atoms with Gasteiger partial charge in [-0.15, -0.1) is 0 Å². The Kier molecular flexibility index (Phi) is 10.0. The second-order valence-electron chi connectivity index (χ2n) is 8.64. The summed E-state index contributed by atoms with van der Waals surface area (Å²) in [6.07, 6.45) is 3.44. The molecule has 35 heavy (non-hydrogen) atoms. The Hall–Kier alpha value is -2.97. The lowest BCUT2D eigenvalue weighted by Crippen LogP contribution is -2.30. The lowest BCUT2D eigenvalue weighted by Gasteiger charge is -2.24. The van der Waals surface area contributed by atoms with Crippen LogP contribution in [0.5, 0.6) is 5.75 Å². The van der Waals surface area contributed by atoms with E-state index < -0.39 is 0 Å². The summed E-state index contributed by atoms with van der Waals surface area (Å²) in [6.45, 7) is 3.92. The van der Waals surface area contributed by atoms with Crippen molar-refractivity contribution in [1.29, 1.82) is 0 Å². The van der Waals surface area contributed by atoms with Gasteiger partial charge in [0, 0.05) is 44.9 Å². The Morgan fingerprint density at radius 3 is 2.60 bits per heavy atom. The topological polar surface area (TPSA) is 72.4 Å². The van der Waals surface area contributed by atoms with Crippen LogP contribution in [0.2, 0.25) is 0 Å². The zero-order valence-electron chi connectivity index (χ0n) is 21.1. The number of amides is 1. The summed E-state index contributed by atoms with van der Waals surface area (Å²) in [5, 5.41) is 9.43. The normalized spacial score (nSPS) is 15.3. The van der Waals surface area contributed by atoms with Crippen LogP contribution in [0.4, 0.5) is 4.39 Å². The highest BCUT2D eigenvalue weighted by Gasteiger charge is 2.32. The quantitative estimate of drug-likeness (QED) is 0.415. The zero-order chi connectivity index (χ0) is 25.2. The number of hydrogen-bond acceptors (Lipinski definition) is 6. The van der Waals surface area contributed by atoms with E-state index in [-0.39, 0.29) is 17.8 Å². The zero-order valence-corrected chi connectivity index (χ0v) is 21.1. The van der Waals surface area contributed by atoms with E-state index in [1.165, 1.54) is 6.07 Å². The Balaban J connectivity index is 1.74. The maximum absolute atomic E-state index is 14.6. The summed E-state index contributed by atoms with van der Waals surface area (Å²) in [4.78, 5) is 13.1. The molecule has 1 aliphatic rings. The summed E-state index contributed by atoms with van der Waals surface area (Å²) < 4.78 is 30.8. The van der Waals surface area contributed by atoms with Gasteiger partial charge in [-0.1, -0.05) is 44.0 Å². The van der Waals surface area contributed by atoms with Crippen molar-refractivity contribution in [2.45, 2.75) is 58.4 Å². The first-order valence-electron chi connectivity index (χ1n) is 12.1. The van der Waals surface area contributed by atoms with Crippen LogP contribution in [-0.4, -0.2) is 44.5 Å². The number of hydrazone groups is 1. The number of carbonyl (C=O) groups is 1. The van der Waals surface area contributed by atoms with Crippen molar-refractivity contribution in [3.8, 4) is 5.75 Å². The van der Waals surface area contributed by atoms with Gasteiger partial charge in [0.2, 0.25) is 0 Å². The van der Waals surface area contributed by atoms with Gasteiger partial charge in [0.05, 0.1) is 26.4 Å². The summed E-state index contributed by atoms with van der Waals surface area (Å²) in [6, 6.07) is 10.3. The fourth-order valence-corrected chi connectivity index (χ4v) is 4.36. The second kappa shape index (κ2) is 13.2. The van der Waals surface area contributed by atoms with Crippen LogP contribution in [0, 0.1) is 5.82 Å². The van der Waals surface area contributed by atoms with Crippen molar-refractivity contribution >= 4 is 11.6 Å². The van der Waals surface area contributed by atoms with E-state index in [2.05, 4.69) is 17.3 Å². The van der Waals surface area contributed by atoms with Gasteiger partial charge in [0.25, 0.3) is 5.91 Å². The van der Waals surface area contributed by atoms with Gasteiger partial charge < -0.3 is 19.5 Å². The van der Waals surface area contributed by atoms with Gasteiger partial charge in [-0.25, -0.2) is 4.39 Å². The van der Waals surface area contributed by atoms with Gasteiger partial charge in [-0.2, -0.15) is 5.10 Å². The van der Waals surface area contributed by atoms with Gasteiger partial charge >= 0.3 is 0 Å². The minimum Gasteiger partial charge on any atom is -0.496 e. The molecule has 0 spiro atoms. The molecule has 2 aromatic rings. The fourth-order valence-electron chi connectivity index (χ4n) is 4.36. The summed E-state index contributed by atoms with van der Waals surface area (Å²) in [7, 11) is 4.87. The number of nitrogens with zero attached hydrogens (tertiary/aromatic N) is 2. The number of hydrogen-bond donors (Lipinski definition) is 1. The molecule has 190 valence electrons. The number of benzene rings is 2. The molecule has 1 atom stereocenters. The Morgan fingerprint density at radius 1 is 1.14 bits per heavy atom. The summed E-state index contributed by atoms with van der Waals surface area (Å²) in [5.74, 6) is 0.159. The van der Waals surface area contributed by atoms with E-state index in [9.17, 15) is 9.18 Å². The molecule has 1 heterocycles. The minimum atomic E-state index is -0.282. The van der Waals surface area contributed by atoms with Crippen molar-refractivity contribution in [1.82, 2.24) is 10.3 Å². The molecule has 0 radical (unpaired) electrons. The van der Waals surface area contributed by atoms with Crippen LogP contribution in [0.3, 0.4) is 0 Å². The third-order valence-corrected chi connectivity index (χ3v) is 6.14. The molecule has 1 aliphatic heterocycles. The number of unbranched alkanes of at least 4 members (excludes halogenated alkanes) is 2. The van der Waals surface area contributed by atoms with Crippen molar-refractivity contribution in [3.05, 3.63) is 64.5 Å². The first-order valence-corrected chi connectivity index (χ1v) is 12.1. The average molecular weight is 486 g/mol. The number of carbonyl (C=O) groups excluding carboxylic acids is 1. The number of methoxy groups -OCH3 is 3. The first kappa shape index (κ1) is 26.6. The van der Waals surface area contributed by atoms with Crippen LogP contribution < -0.4 is 10.1 Å². The highest BCUT2D eigenvalue weighted by molar-refractivity contribution is 6.39. The Labute approximate surface area is 207 Å². The van der Waals surface area contributed by atoms with E-state index in [4.69, 9.17) is 14.2 Å². The molecular weight excluding hydrogens is 449 g/mol. The molecule has 0 saturated heterocycles. The van der Waals surface area contributed by atoms with E-state index in [0.29, 0.717) is 49.7 Å². The smallest absolute Gasteiger partial charge is 0.267 e. The molecule has 3 rings (SSSR count). The molecule has 1 N–H and O–H groups in total. The number of ether oxygens (including phenoxy) is 3. The van der Waals surface area contributed by atoms with Gasteiger partial charge in [0.15, 0.2) is 0 Å². The van der Waals surface area contributed by atoms with Gasteiger partial charge in [-0.05, 0) is 29.7 Å². The highest BCUT2D eigenvalue weighted by atomic mass is 19.1. The second-order valence-corrected chi connectivity index (χ2v) is 8.64. The molecule has 7 nitrogen and oxygen atoms in total. The van der Waals surface area contributed by atoms with E-state index in [1.54, 1.807) is 33.5 Å². The van der Waals surface area contributed by atoms with E-state index in [1.807, 2.05) is 23.2 Å². The molecule has 0 aromatic heterocycles. The lowest BCUT2D eigenvalue weighted by molar-refractivity contribution is -0.115. The molecule has 0 aliphatic carbocycles. The predicted octanol–water partition coefficient (Wildman–Crippen LogP) is 4.74. The maximum atomic E-state index is 14.6.